The molecule has 6 heteroatoms. The van der Waals surface area contributed by atoms with Crippen LogP contribution in [0, 0.1) is 0 Å². The average Bonchev–Trinajstić information content (AvgIpc) is 2.61. The maximum atomic E-state index is 12.4. The molecule has 0 aromatic heterocycles. The van der Waals surface area contributed by atoms with E-state index < -0.39 is 0 Å². The molecule has 3 rings (SSSR count). The Balaban J connectivity index is 1.84. The fourth-order valence-corrected chi connectivity index (χ4v) is 2.59. The lowest BCUT2D eigenvalue weighted by Gasteiger charge is -2.28. The molecule has 2 aromatic rings. The van der Waals surface area contributed by atoms with Gasteiger partial charge in [-0.25, -0.2) is 0 Å². The Labute approximate surface area is 140 Å². The number of fused-ring (bicyclic) bond motifs is 1. The number of carbonyl (C=O) groups is 2. The van der Waals surface area contributed by atoms with Crippen LogP contribution in [0.5, 0.6) is 11.5 Å². The zero-order chi connectivity index (χ0) is 17.1. The van der Waals surface area contributed by atoms with Crippen molar-refractivity contribution in [1.82, 2.24) is 0 Å². The molecule has 0 spiro atoms. The molecule has 1 aliphatic rings. The molecular weight excluding hydrogens is 308 g/mol. The molecule has 0 saturated carbocycles. The number of nitrogens with one attached hydrogen (secondary N) is 1. The topological polar surface area (TPSA) is 67.9 Å². The fourth-order valence-electron chi connectivity index (χ4n) is 2.59. The van der Waals surface area contributed by atoms with Crippen LogP contribution in [-0.2, 0) is 4.79 Å². The van der Waals surface area contributed by atoms with Gasteiger partial charge in [0, 0.05) is 17.8 Å². The summed E-state index contributed by atoms with van der Waals surface area (Å²) in [4.78, 5) is 25.9. The fraction of sp³-hybridized carbons (Fsp3) is 0.222. The Bertz CT molecular complexity index is 788. The summed E-state index contributed by atoms with van der Waals surface area (Å²) in [5.41, 5.74) is 1.75. The summed E-state index contributed by atoms with van der Waals surface area (Å²) in [5.74, 6) is 0.904. The van der Waals surface area contributed by atoms with E-state index in [-0.39, 0.29) is 18.4 Å². The van der Waals surface area contributed by atoms with Gasteiger partial charge in [0.1, 0.15) is 11.5 Å². The summed E-state index contributed by atoms with van der Waals surface area (Å²) in [6.07, 6.45) is 0. The summed E-state index contributed by atoms with van der Waals surface area (Å²) in [6.45, 7) is 2.48. The van der Waals surface area contributed by atoms with Crippen molar-refractivity contribution in [3.63, 3.8) is 0 Å². The van der Waals surface area contributed by atoms with Crippen LogP contribution in [0.4, 0.5) is 11.4 Å². The molecule has 0 fully saturated rings. The maximum absolute atomic E-state index is 12.4. The van der Waals surface area contributed by atoms with Crippen molar-refractivity contribution < 1.29 is 19.1 Å². The highest BCUT2D eigenvalue weighted by Gasteiger charge is 2.24. The normalized spacial score (nSPS) is 13.1. The maximum Gasteiger partial charge on any atom is 0.265 e. The third kappa shape index (κ3) is 3.03. The number of likely N-dealkylation sites (N-methyl/N-ethyl adjacent to an activating group) is 1. The van der Waals surface area contributed by atoms with Crippen LogP contribution in [0.25, 0.3) is 0 Å². The van der Waals surface area contributed by atoms with Gasteiger partial charge in [-0.2, -0.15) is 0 Å². The van der Waals surface area contributed by atoms with Crippen LogP contribution < -0.4 is 19.7 Å². The predicted molar refractivity (Wildman–Crippen MR) is 90.9 cm³/mol. The number of hydrogen-bond donors (Lipinski definition) is 1. The second-order valence-electron chi connectivity index (χ2n) is 5.30. The number of rotatable bonds is 4. The molecule has 0 aliphatic carbocycles. The van der Waals surface area contributed by atoms with E-state index in [2.05, 4.69) is 5.32 Å². The highest BCUT2D eigenvalue weighted by atomic mass is 16.5. The largest absolute Gasteiger partial charge is 0.497 e. The number of hydrogen-bond acceptors (Lipinski definition) is 4. The summed E-state index contributed by atoms with van der Waals surface area (Å²) < 4.78 is 10.6. The lowest BCUT2D eigenvalue weighted by atomic mass is 10.1. The monoisotopic (exact) mass is 326 g/mol. The van der Waals surface area contributed by atoms with Crippen LogP contribution in [0.1, 0.15) is 17.3 Å². The summed E-state index contributed by atoms with van der Waals surface area (Å²) in [7, 11) is 1.55. The van der Waals surface area contributed by atoms with E-state index >= 15 is 0 Å². The average molecular weight is 326 g/mol. The van der Waals surface area contributed by atoms with Crippen LogP contribution in [-0.4, -0.2) is 32.1 Å². The highest BCUT2D eigenvalue weighted by Crippen LogP contribution is 2.34. The van der Waals surface area contributed by atoms with E-state index in [0.717, 1.165) is 0 Å². The van der Waals surface area contributed by atoms with Gasteiger partial charge in [0.25, 0.3) is 11.8 Å². The smallest absolute Gasteiger partial charge is 0.265 e. The lowest BCUT2D eigenvalue weighted by molar-refractivity contribution is -0.121. The van der Waals surface area contributed by atoms with Gasteiger partial charge in [0.15, 0.2) is 6.61 Å². The first-order chi connectivity index (χ1) is 11.6. The molecule has 0 saturated heterocycles. The van der Waals surface area contributed by atoms with Crippen LogP contribution >= 0.6 is 0 Å². The summed E-state index contributed by atoms with van der Waals surface area (Å²) >= 11 is 0. The van der Waals surface area contributed by atoms with Gasteiger partial charge in [0.2, 0.25) is 0 Å². The van der Waals surface area contributed by atoms with Crippen molar-refractivity contribution in [3.05, 3.63) is 48.0 Å². The first-order valence-electron chi connectivity index (χ1n) is 7.65. The van der Waals surface area contributed by atoms with Gasteiger partial charge in [-0.3, -0.25) is 9.59 Å². The predicted octanol–water partition coefficient (Wildman–Crippen LogP) is 2.69. The molecule has 0 radical (unpaired) electrons. The molecule has 0 bridgehead atoms. The van der Waals surface area contributed by atoms with Crippen molar-refractivity contribution >= 4 is 23.2 Å². The molecule has 24 heavy (non-hydrogen) atoms. The molecule has 0 atom stereocenters. The Kier molecular flexibility index (Phi) is 4.37. The quantitative estimate of drug-likeness (QED) is 0.938. The van der Waals surface area contributed by atoms with Crippen molar-refractivity contribution in [2.24, 2.45) is 0 Å². The number of amides is 2. The molecular formula is C18H18N2O4. The lowest BCUT2D eigenvalue weighted by Crippen LogP contribution is -2.38. The molecule has 0 unspecified atom stereocenters. The first kappa shape index (κ1) is 15.9. The van der Waals surface area contributed by atoms with E-state index in [9.17, 15) is 9.59 Å². The zero-order valence-electron chi connectivity index (χ0n) is 13.5. The van der Waals surface area contributed by atoms with Crippen molar-refractivity contribution in [1.29, 1.82) is 0 Å². The van der Waals surface area contributed by atoms with Crippen molar-refractivity contribution in [2.45, 2.75) is 6.92 Å². The number of carbonyl (C=O) groups excluding carboxylic acids is 2. The number of benzene rings is 2. The minimum atomic E-state index is -0.250. The van der Waals surface area contributed by atoms with Crippen LogP contribution in [0.15, 0.2) is 42.5 Å². The minimum Gasteiger partial charge on any atom is -0.497 e. The van der Waals surface area contributed by atoms with Crippen LogP contribution in [0.3, 0.4) is 0 Å². The SMILES string of the molecule is CCN1C(=O)COc2ccc(NC(=O)c3cccc(OC)c3)cc21. The van der Waals surface area contributed by atoms with E-state index in [4.69, 9.17) is 9.47 Å². The number of methoxy groups -OCH3 is 1. The molecule has 6 nitrogen and oxygen atoms in total. The van der Waals surface area contributed by atoms with Gasteiger partial charge in [-0.05, 0) is 43.3 Å². The van der Waals surface area contributed by atoms with E-state index in [0.29, 0.717) is 35.0 Å². The van der Waals surface area contributed by atoms with E-state index in [1.807, 2.05) is 6.92 Å². The third-order valence-corrected chi connectivity index (χ3v) is 3.81. The molecule has 124 valence electrons. The van der Waals surface area contributed by atoms with Gasteiger partial charge < -0.3 is 19.7 Å². The Hall–Kier alpha value is -3.02. The van der Waals surface area contributed by atoms with Crippen molar-refractivity contribution in [2.75, 3.05) is 30.5 Å². The van der Waals surface area contributed by atoms with E-state index in [1.165, 1.54) is 0 Å². The summed E-state index contributed by atoms with van der Waals surface area (Å²) in [6, 6.07) is 12.2. The Morgan fingerprint density at radius 1 is 1.29 bits per heavy atom. The number of nitrogens with zero attached hydrogens (tertiary/aromatic N) is 1. The second-order valence-corrected chi connectivity index (χ2v) is 5.30. The standard InChI is InChI=1S/C18H18N2O4/c1-3-20-15-10-13(7-8-16(15)24-11-17(20)21)19-18(22)12-5-4-6-14(9-12)23-2/h4-10H,3,11H2,1-2H3,(H,19,22). The van der Waals surface area contributed by atoms with Crippen LogP contribution in [0.2, 0.25) is 0 Å². The second kappa shape index (κ2) is 6.62. The summed E-state index contributed by atoms with van der Waals surface area (Å²) in [5, 5.41) is 2.83. The number of ether oxygens (including phenoxy) is 2. The molecule has 1 aliphatic heterocycles. The van der Waals surface area contributed by atoms with Crippen molar-refractivity contribution in [3.8, 4) is 11.5 Å². The van der Waals surface area contributed by atoms with E-state index in [1.54, 1.807) is 54.5 Å². The molecule has 1 N–H and O–H groups in total. The minimum absolute atomic E-state index is 0.0381. The van der Waals surface area contributed by atoms with Gasteiger partial charge in [-0.1, -0.05) is 6.07 Å². The third-order valence-electron chi connectivity index (χ3n) is 3.81. The Morgan fingerprint density at radius 2 is 2.12 bits per heavy atom. The van der Waals surface area contributed by atoms with Gasteiger partial charge >= 0.3 is 0 Å². The highest BCUT2D eigenvalue weighted by molar-refractivity contribution is 6.05. The molecule has 2 amide bonds. The Morgan fingerprint density at radius 3 is 2.88 bits per heavy atom. The molecule has 2 aromatic carbocycles. The molecule has 1 heterocycles. The van der Waals surface area contributed by atoms with Gasteiger partial charge in [0.05, 0.1) is 12.8 Å². The van der Waals surface area contributed by atoms with Gasteiger partial charge in [-0.15, -0.1) is 0 Å². The number of anilines is 2. The first-order valence-corrected chi connectivity index (χ1v) is 7.65. The zero-order valence-corrected chi connectivity index (χ0v) is 13.5.